The maximum absolute atomic E-state index is 4.70. The van der Waals surface area contributed by atoms with E-state index in [4.69, 9.17) is 6.58 Å². The van der Waals surface area contributed by atoms with Crippen molar-refractivity contribution in [3.63, 3.8) is 0 Å². The second kappa shape index (κ2) is 14.9. The number of nitrogens with one attached hydrogen (secondary N) is 1. The van der Waals surface area contributed by atoms with E-state index in [1.165, 1.54) is 39.1 Å². The van der Waals surface area contributed by atoms with Gasteiger partial charge < -0.3 is 15.1 Å². The Morgan fingerprint density at radius 2 is 1.23 bits per heavy atom. The summed E-state index contributed by atoms with van der Waals surface area (Å²) >= 11 is 0. The van der Waals surface area contributed by atoms with Crippen molar-refractivity contribution in [2.45, 2.75) is 32.6 Å². The van der Waals surface area contributed by atoms with Crippen LogP contribution in [0.2, 0.25) is 0 Å². The first-order valence-electron chi connectivity index (χ1n) is 18.2. The third-order valence-electron chi connectivity index (χ3n) is 9.96. The molecule has 6 aromatic carbocycles. The quantitative estimate of drug-likeness (QED) is 0.173. The number of para-hydroxylation sites is 4. The first kappa shape index (κ1) is 32.9. The zero-order valence-corrected chi connectivity index (χ0v) is 29.7. The largest absolute Gasteiger partial charge is 0.358 e. The van der Waals surface area contributed by atoms with Gasteiger partial charge in [0.05, 0.1) is 5.69 Å². The SMILES string of the molecule is C=C1CC/C=C\N(c2ccccc2)c2c1cc(C1=C(Nc3ccccc3)CCC=C1)cc2-c1ccc(N(c2ccccc2)c2ccccc2)c(C)c1. The van der Waals surface area contributed by atoms with Crippen molar-refractivity contribution >= 4 is 45.3 Å². The third-order valence-corrected chi connectivity index (χ3v) is 9.96. The number of allylic oxidation sites excluding steroid dienone is 6. The predicted octanol–water partition coefficient (Wildman–Crippen LogP) is 13.8. The van der Waals surface area contributed by atoms with E-state index in [-0.39, 0.29) is 0 Å². The summed E-state index contributed by atoms with van der Waals surface area (Å²) in [5.41, 5.74) is 16.3. The second-order valence-electron chi connectivity index (χ2n) is 13.5. The van der Waals surface area contributed by atoms with Crippen molar-refractivity contribution in [3.8, 4) is 11.1 Å². The molecule has 3 nitrogen and oxygen atoms in total. The van der Waals surface area contributed by atoms with Crippen LogP contribution in [0, 0.1) is 6.92 Å². The molecule has 254 valence electrons. The van der Waals surface area contributed by atoms with E-state index in [1.54, 1.807) is 0 Å². The molecule has 0 bridgehead atoms. The van der Waals surface area contributed by atoms with Crippen LogP contribution in [0.15, 0.2) is 188 Å². The van der Waals surface area contributed by atoms with Crippen LogP contribution in [0.5, 0.6) is 0 Å². The number of rotatable bonds is 8. The van der Waals surface area contributed by atoms with Gasteiger partial charge in [-0.05, 0) is 128 Å². The summed E-state index contributed by atoms with van der Waals surface area (Å²) in [6.45, 7) is 6.93. The molecular formula is C49H43N3. The lowest BCUT2D eigenvalue weighted by molar-refractivity contribution is 0.972. The average molecular weight is 674 g/mol. The normalized spacial score (nSPS) is 14.7. The molecule has 1 aliphatic carbocycles. The molecule has 0 fully saturated rings. The lowest BCUT2D eigenvalue weighted by Crippen LogP contribution is -2.15. The summed E-state index contributed by atoms with van der Waals surface area (Å²) in [6, 6.07) is 54.2. The van der Waals surface area contributed by atoms with Gasteiger partial charge in [-0.2, -0.15) is 0 Å². The van der Waals surface area contributed by atoms with E-state index in [1.807, 2.05) is 0 Å². The number of benzene rings is 6. The summed E-state index contributed by atoms with van der Waals surface area (Å²) in [5, 5.41) is 3.78. The van der Waals surface area contributed by atoms with Gasteiger partial charge in [0, 0.05) is 57.0 Å². The van der Waals surface area contributed by atoms with Gasteiger partial charge in [0.2, 0.25) is 0 Å². The Labute approximate surface area is 308 Å². The van der Waals surface area contributed by atoms with Crippen LogP contribution in [0.1, 0.15) is 42.4 Å². The van der Waals surface area contributed by atoms with Crippen LogP contribution >= 0.6 is 0 Å². The van der Waals surface area contributed by atoms with Gasteiger partial charge in [-0.1, -0.05) is 104 Å². The van der Waals surface area contributed by atoms with Gasteiger partial charge in [-0.3, -0.25) is 0 Å². The molecule has 0 unspecified atom stereocenters. The molecule has 8 rings (SSSR count). The molecule has 1 heterocycles. The highest BCUT2D eigenvalue weighted by Gasteiger charge is 2.24. The Morgan fingerprint density at radius 1 is 0.615 bits per heavy atom. The van der Waals surface area contributed by atoms with Gasteiger partial charge in [0.1, 0.15) is 0 Å². The molecule has 0 aromatic heterocycles. The van der Waals surface area contributed by atoms with Crippen molar-refractivity contribution in [1.82, 2.24) is 0 Å². The summed E-state index contributed by atoms with van der Waals surface area (Å²) < 4.78 is 0. The van der Waals surface area contributed by atoms with Crippen LogP contribution in [-0.4, -0.2) is 0 Å². The Kier molecular flexibility index (Phi) is 9.41. The molecule has 1 N–H and O–H groups in total. The van der Waals surface area contributed by atoms with Gasteiger partial charge in [-0.25, -0.2) is 0 Å². The maximum Gasteiger partial charge on any atom is 0.0609 e. The average Bonchev–Trinajstić information content (AvgIpc) is 3.19. The summed E-state index contributed by atoms with van der Waals surface area (Å²) in [7, 11) is 0. The first-order chi connectivity index (χ1) is 25.6. The van der Waals surface area contributed by atoms with Crippen LogP contribution < -0.4 is 15.1 Å². The molecular weight excluding hydrogens is 631 g/mol. The molecule has 1 aliphatic heterocycles. The molecule has 0 saturated heterocycles. The molecule has 52 heavy (non-hydrogen) atoms. The highest BCUT2D eigenvalue weighted by atomic mass is 15.1. The zero-order chi connectivity index (χ0) is 35.3. The Hall–Kier alpha value is -6.32. The summed E-state index contributed by atoms with van der Waals surface area (Å²) in [4.78, 5) is 4.71. The fourth-order valence-electron chi connectivity index (χ4n) is 7.40. The zero-order valence-electron chi connectivity index (χ0n) is 29.7. The summed E-state index contributed by atoms with van der Waals surface area (Å²) in [6.07, 6.45) is 12.9. The Morgan fingerprint density at radius 3 is 1.90 bits per heavy atom. The van der Waals surface area contributed by atoms with Crippen molar-refractivity contribution in [2.24, 2.45) is 0 Å². The van der Waals surface area contributed by atoms with Crippen molar-refractivity contribution in [1.29, 1.82) is 0 Å². The molecule has 0 amide bonds. The van der Waals surface area contributed by atoms with Crippen LogP contribution in [-0.2, 0) is 0 Å². The van der Waals surface area contributed by atoms with E-state index >= 15 is 0 Å². The standard InChI is InChI=1S/C49H43N3/c1-36-19-17-18-32-51(41-22-9-4-10-23-41)49-45(36)34-39(44-28-15-16-29-47(44)50-40-20-7-3-8-21-40)35-46(49)38-30-31-48(37(2)33-38)52(42-24-11-5-12-25-42)43-26-13-6-14-27-43/h3-15,18,20-28,30-35,50H,1,16-17,19,29H2,2H3/b32-18-. The number of nitrogens with zero attached hydrogens (tertiary/aromatic N) is 2. The van der Waals surface area contributed by atoms with Crippen LogP contribution in [0.25, 0.3) is 22.3 Å². The smallest absolute Gasteiger partial charge is 0.0609 e. The molecule has 2 aliphatic rings. The molecule has 6 aromatic rings. The topological polar surface area (TPSA) is 18.5 Å². The minimum absolute atomic E-state index is 0.903. The van der Waals surface area contributed by atoms with Crippen molar-refractivity contribution < 1.29 is 0 Å². The highest BCUT2D eigenvalue weighted by molar-refractivity contribution is 5.97. The maximum atomic E-state index is 4.70. The number of hydrogen-bond acceptors (Lipinski definition) is 3. The van der Waals surface area contributed by atoms with Crippen molar-refractivity contribution in [3.05, 3.63) is 205 Å². The number of hydrogen-bond donors (Lipinski definition) is 1. The second-order valence-corrected chi connectivity index (χ2v) is 13.5. The Balaban J connectivity index is 1.34. The van der Waals surface area contributed by atoms with E-state index in [0.717, 1.165) is 65.4 Å². The van der Waals surface area contributed by atoms with E-state index in [2.05, 4.69) is 198 Å². The first-order valence-corrected chi connectivity index (χ1v) is 18.2. The van der Waals surface area contributed by atoms with Crippen LogP contribution in [0.4, 0.5) is 34.1 Å². The van der Waals surface area contributed by atoms with Crippen molar-refractivity contribution in [2.75, 3.05) is 15.1 Å². The number of aryl methyl sites for hydroxylation is 1. The molecule has 0 saturated carbocycles. The minimum Gasteiger partial charge on any atom is -0.358 e. The number of anilines is 6. The fourth-order valence-corrected chi connectivity index (χ4v) is 7.40. The minimum atomic E-state index is 0.903. The van der Waals surface area contributed by atoms with Gasteiger partial charge >= 0.3 is 0 Å². The van der Waals surface area contributed by atoms with Gasteiger partial charge in [0.25, 0.3) is 0 Å². The highest BCUT2D eigenvalue weighted by Crippen LogP contribution is 2.47. The summed E-state index contributed by atoms with van der Waals surface area (Å²) in [5.74, 6) is 0. The van der Waals surface area contributed by atoms with E-state index in [9.17, 15) is 0 Å². The fraction of sp³-hybridized carbons (Fsp3) is 0.102. The molecule has 0 spiro atoms. The van der Waals surface area contributed by atoms with Gasteiger partial charge in [0.15, 0.2) is 0 Å². The lowest BCUT2D eigenvalue weighted by atomic mass is 9.86. The monoisotopic (exact) mass is 673 g/mol. The van der Waals surface area contributed by atoms with Gasteiger partial charge in [-0.15, -0.1) is 0 Å². The Bertz CT molecular complexity index is 2240. The van der Waals surface area contributed by atoms with Crippen LogP contribution in [0.3, 0.4) is 0 Å². The van der Waals surface area contributed by atoms with E-state index < -0.39 is 0 Å². The number of fused-ring (bicyclic) bond motifs is 1. The van der Waals surface area contributed by atoms with E-state index in [0.29, 0.717) is 0 Å². The third kappa shape index (κ3) is 6.74. The molecule has 0 radical (unpaired) electrons. The predicted molar refractivity (Wildman–Crippen MR) is 223 cm³/mol. The molecule has 0 atom stereocenters. The molecule has 3 heteroatoms. The lowest BCUT2D eigenvalue weighted by Gasteiger charge is -2.31.